The predicted octanol–water partition coefficient (Wildman–Crippen LogP) is 1.44. The maximum absolute atomic E-state index is 11.8. The molecule has 3 N–H and O–H groups in total. The lowest BCUT2D eigenvalue weighted by molar-refractivity contribution is -0.113. The molecule has 6 nitrogen and oxygen atoms in total. The Labute approximate surface area is 115 Å². The Bertz CT molecular complexity index is 596. The van der Waals surface area contributed by atoms with Gasteiger partial charge in [-0.15, -0.1) is 10.2 Å². The molecule has 0 saturated heterocycles. The summed E-state index contributed by atoms with van der Waals surface area (Å²) in [5.41, 5.74) is 7.42. The molecule has 1 aromatic heterocycles. The van der Waals surface area contributed by atoms with Crippen LogP contribution in [0.5, 0.6) is 0 Å². The number of carbonyl (C=O) groups is 1. The van der Waals surface area contributed by atoms with Crippen molar-refractivity contribution in [1.82, 2.24) is 14.8 Å². The second-order valence-electron chi connectivity index (χ2n) is 4.05. The van der Waals surface area contributed by atoms with Crippen LogP contribution in [-0.2, 0) is 11.8 Å². The lowest BCUT2D eigenvalue weighted by atomic mass is 10.2. The van der Waals surface area contributed by atoms with E-state index in [1.54, 1.807) is 11.6 Å². The standard InChI is InChI=1S/C12H15N5OS/c1-8-5-3-4-6-9(8)14-10(18)7-19-12-16-15-11(13)17(12)2/h3-6H,7H2,1-2H3,(H2,13,15)(H,14,18). The lowest BCUT2D eigenvalue weighted by Gasteiger charge is -2.07. The van der Waals surface area contributed by atoms with Crippen molar-refractivity contribution in [2.24, 2.45) is 7.05 Å². The zero-order valence-corrected chi connectivity index (χ0v) is 11.6. The van der Waals surface area contributed by atoms with E-state index in [9.17, 15) is 4.79 Å². The first-order chi connectivity index (χ1) is 9.08. The van der Waals surface area contributed by atoms with E-state index in [1.165, 1.54) is 11.8 Å². The molecule has 0 saturated carbocycles. The van der Waals surface area contributed by atoms with Crippen molar-refractivity contribution in [3.63, 3.8) is 0 Å². The summed E-state index contributed by atoms with van der Waals surface area (Å²) in [6.07, 6.45) is 0. The minimum Gasteiger partial charge on any atom is -0.368 e. The summed E-state index contributed by atoms with van der Waals surface area (Å²) in [6, 6.07) is 7.64. The Morgan fingerprint density at radius 3 is 2.79 bits per heavy atom. The largest absolute Gasteiger partial charge is 0.368 e. The number of nitrogens with zero attached hydrogens (tertiary/aromatic N) is 3. The van der Waals surface area contributed by atoms with Gasteiger partial charge in [-0.1, -0.05) is 30.0 Å². The maximum atomic E-state index is 11.8. The summed E-state index contributed by atoms with van der Waals surface area (Å²) in [5.74, 6) is 0.517. The van der Waals surface area contributed by atoms with Crippen molar-refractivity contribution in [1.29, 1.82) is 0 Å². The highest BCUT2D eigenvalue weighted by Gasteiger charge is 2.10. The summed E-state index contributed by atoms with van der Waals surface area (Å²) in [6.45, 7) is 1.95. The van der Waals surface area contributed by atoms with Gasteiger partial charge in [-0.2, -0.15) is 0 Å². The van der Waals surface area contributed by atoms with Gasteiger partial charge in [-0.3, -0.25) is 9.36 Å². The SMILES string of the molecule is Cc1ccccc1NC(=O)CSc1nnc(N)n1C. The Morgan fingerprint density at radius 1 is 1.42 bits per heavy atom. The molecule has 0 aliphatic heterocycles. The molecule has 0 unspecified atom stereocenters. The number of hydrogen-bond acceptors (Lipinski definition) is 5. The van der Waals surface area contributed by atoms with Crippen molar-refractivity contribution in [2.75, 3.05) is 16.8 Å². The van der Waals surface area contributed by atoms with Crippen molar-refractivity contribution in [3.8, 4) is 0 Å². The van der Waals surface area contributed by atoms with Crippen LogP contribution >= 0.6 is 11.8 Å². The predicted molar refractivity (Wildman–Crippen MR) is 75.9 cm³/mol. The van der Waals surface area contributed by atoms with E-state index in [0.717, 1.165) is 11.3 Å². The van der Waals surface area contributed by atoms with E-state index in [-0.39, 0.29) is 11.7 Å². The summed E-state index contributed by atoms with van der Waals surface area (Å²) in [5, 5.41) is 11.1. The van der Waals surface area contributed by atoms with Gasteiger partial charge in [0.15, 0.2) is 5.16 Å². The van der Waals surface area contributed by atoms with Gasteiger partial charge < -0.3 is 11.1 Å². The number of hydrogen-bond donors (Lipinski definition) is 2. The van der Waals surface area contributed by atoms with Gasteiger partial charge in [0.2, 0.25) is 11.9 Å². The quantitative estimate of drug-likeness (QED) is 0.826. The van der Waals surface area contributed by atoms with Crippen LogP contribution in [-0.4, -0.2) is 26.4 Å². The number of amides is 1. The van der Waals surface area contributed by atoms with E-state index in [0.29, 0.717) is 11.1 Å². The normalized spacial score (nSPS) is 10.4. The van der Waals surface area contributed by atoms with E-state index < -0.39 is 0 Å². The summed E-state index contributed by atoms with van der Waals surface area (Å²) < 4.78 is 1.64. The molecule has 1 amide bonds. The van der Waals surface area contributed by atoms with Crippen LogP contribution < -0.4 is 11.1 Å². The summed E-state index contributed by atoms with van der Waals surface area (Å²) in [7, 11) is 1.76. The minimum absolute atomic E-state index is 0.0825. The highest BCUT2D eigenvalue weighted by molar-refractivity contribution is 7.99. The lowest BCUT2D eigenvalue weighted by Crippen LogP contribution is -2.15. The van der Waals surface area contributed by atoms with Crippen LogP contribution in [0.4, 0.5) is 11.6 Å². The smallest absolute Gasteiger partial charge is 0.234 e. The number of nitrogens with two attached hydrogens (primary N) is 1. The highest BCUT2D eigenvalue weighted by atomic mass is 32.2. The molecule has 2 aromatic rings. The number of aryl methyl sites for hydroxylation is 1. The first-order valence-electron chi connectivity index (χ1n) is 5.71. The first-order valence-corrected chi connectivity index (χ1v) is 6.69. The molecule has 0 aliphatic rings. The van der Waals surface area contributed by atoms with Crippen LogP contribution in [0.25, 0.3) is 0 Å². The third kappa shape index (κ3) is 3.25. The number of thioether (sulfide) groups is 1. The second kappa shape index (κ2) is 5.75. The molecule has 0 radical (unpaired) electrons. The molecule has 19 heavy (non-hydrogen) atoms. The number of para-hydroxylation sites is 1. The van der Waals surface area contributed by atoms with Crippen molar-refractivity contribution < 1.29 is 4.79 Å². The number of benzene rings is 1. The minimum atomic E-state index is -0.0825. The van der Waals surface area contributed by atoms with Gasteiger partial charge in [0.25, 0.3) is 0 Å². The van der Waals surface area contributed by atoms with Crippen molar-refractivity contribution in [3.05, 3.63) is 29.8 Å². The van der Waals surface area contributed by atoms with E-state index >= 15 is 0 Å². The van der Waals surface area contributed by atoms with Crippen LogP contribution in [0.15, 0.2) is 29.4 Å². The number of carbonyl (C=O) groups excluding carboxylic acids is 1. The van der Waals surface area contributed by atoms with E-state index in [1.807, 2.05) is 31.2 Å². The van der Waals surface area contributed by atoms with Gasteiger partial charge in [0.1, 0.15) is 0 Å². The summed E-state index contributed by atoms with van der Waals surface area (Å²) in [4.78, 5) is 11.8. The fourth-order valence-electron chi connectivity index (χ4n) is 1.48. The van der Waals surface area contributed by atoms with Crippen LogP contribution in [0.1, 0.15) is 5.56 Å². The molecule has 7 heteroatoms. The van der Waals surface area contributed by atoms with Crippen LogP contribution in [0.3, 0.4) is 0 Å². The number of aromatic nitrogens is 3. The molecular formula is C12H15N5OS. The fraction of sp³-hybridized carbons (Fsp3) is 0.250. The maximum Gasteiger partial charge on any atom is 0.234 e. The third-order valence-electron chi connectivity index (χ3n) is 2.62. The molecule has 1 heterocycles. The number of nitrogen functional groups attached to an aromatic ring is 1. The molecule has 0 spiro atoms. The molecule has 1 aromatic carbocycles. The van der Waals surface area contributed by atoms with Gasteiger partial charge in [-0.25, -0.2) is 0 Å². The summed E-state index contributed by atoms with van der Waals surface area (Å²) >= 11 is 1.30. The monoisotopic (exact) mass is 277 g/mol. The van der Waals surface area contributed by atoms with Crippen LogP contribution in [0, 0.1) is 6.92 Å². The topological polar surface area (TPSA) is 85.8 Å². The Morgan fingerprint density at radius 2 is 2.16 bits per heavy atom. The zero-order chi connectivity index (χ0) is 13.8. The van der Waals surface area contributed by atoms with Crippen molar-refractivity contribution >= 4 is 29.3 Å². The average Bonchev–Trinajstić information content (AvgIpc) is 2.70. The molecular weight excluding hydrogens is 262 g/mol. The average molecular weight is 277 g/mol. The Hall–Kier alpha value is -2.02. The molecule has 0 atom stereocenters. The number of rotatable bonds is 4. The van der Waals surface area contributed by atoms with Gasteiger partial charge >= 0.3 is 0 Å². The zero-order valence-electron chi connectivity index (χ0n) is 10.8. The number of nitrogens with one attached hydrogen (secondary N) is 1. The fourth-order valence-corrected chi connectivity index (χ4v) is 2.20. The van der Waals surface area contributed by atoms with Gasteiger partial charge in [0.05, 0.1) is 5.75 Å². The van der Waals surface area contributed by atoms with Gasteiger partial charge in [-0.05, 0) is 18.6 Å². The molecule has 100 valence electrons. The molecule has 0 aliphatic carbocycles. The molecule has 0 fully saturated rings. The molecule has 2 rings (SSSR count). The van der Waals surface area contributed by atoms with E-state index in [2.05, 4.69) is 15.5 Å². The Kier molecular flexibility index (Phi) is 4.06. The second-order valence-corrected chi connectivity index (χ2v) is 4.99. The van der Waals surface area contributed by atoms with Crippen molar-refractivity contribution in [2.45, 2.75) is 12.1 Å². The van der Waals surface area contributed by atoms with Crippen LogP contribution in [0.2, 0.25) is 0 Å². The number of anilines is 2. The third-order valence-corrected chi connectivity index (χ3v) is 3.64. The highest BCUT2D eigenvalue weighted by Crippen LogP contribution is 2.18. The Balaban J connectivity index is 1.92. The van der Waals surface area contributed by atoms with Gasteiger partial charge in [0, 0.05) is 12.7 Å². The molecule has 0 bridgehead atoms. The first kappa shape index (κ1) is 13.4. The van der Waals surface area contributed by atoms with E-state index in [4.69, 9.17) is 5.73 Å².